The van der Waals surface area contributed by atoms with Crippen molar-refractivity contribution in [1.29, 1.82) is 0 Å². The molecule has 3 nitrogen and oxygen atoms in total. The van der Waals surface area contributed by atoms with Crippen molar-refractivity contribution in [3.8, 4) is 0 Å². The maximum atomic E-state index is 12.4. The van der Waals surface area contributed by atoms with Crippen LogP contribution in [0.5, 0.6) is 0 Å². The van der Waals surface area contributed by atoms with Gasteiger partial charge in [-0.1, -0.05) is 0 Å². The molecule has 2 N–H and O–H groups in total. The van der Waals surface area contributed by atoms with Gasteiger partial charge in [0.1, 0.15) is 0 Å². The number of hydrogen-bond acceptors (Lipinski definition) is 3. The van der Waals surface area contributed by atoms with Crippen LogP contribution in [0.25, 0.3) is 0 Å². The smallest absolute Gasteiger partial charge is 0.225 e. The topological polar surface area (TPSA) is 46.3 Å². The molecule has 106 valence electrons. The van der Waals surface area contributed by atoms with E-state index in [9.17, 15) is 4.79 Å². The van der Waals surface area contributed by atoms with Gasteiger partial charge in [-0.25, -0.2) is 0 Å². The molecule has 0 bridgehead atoms. The average Bonchev–Trinajstić information content (AvgIpc) is 2.43. The van der Waals surface area contributed by atoms with Crippen molar-refractivity contribution < 1.29 is 4.79 Å². The highest BCUT2D eigenvalue weighted by molar-refractivity contribution is 7.98. The van der Waals surface area contributed by atoms with Crippen molar-refractivity contribution in [1.82, 2.24) is 4.90 Å². The van der Waals surface area contributed by atoms with Crippen molar-refractivity contribution >= 4 is 17.7 Å². The second-order valence-electron chi connectivity index (χ2n) is 5.53. The lowest BCUT2D eigenvalue weighted by Crippen LogP contribution is -2.41. The number of carbonyl (C=O) groups is 1. The van der Waals surface area contributed by atoms with E-state index in [4.69, 9.17) is 5.73 Å². The fraction of sp³-hybridized carbons (Fsp3) is 0.929. The summed E-state index contributed by atoms with van der Waals surface area (Å²) in [6, 6.07) is 0.359. The predicted octanol–water partition coefficient (Wildman–Crippen LogP) is 2.35. The molecule has 0 radical (unpaired) electrons. The molecule has 0 aromatic carbocycles. The van der Waals surface area contributed by atoms with E-state index in [1.807, 2.05) is 23.7 Å². The van der Waals surface area contributed by atoms with E-state index in [1.165, 1.54) is 0 Å². The monoisotopic (exact) mass is 272 g/mol. The van der Waals surface area contributed by atoms with E-state index in [2.05, 4.69) is 13.2 Å². The molecule has 18 heavy (non-hydrogen) atoms. The summed E-state index contributed by atoms with van der Waals surface area (Å²) in [4.78, 5) is 14.3. The Morgan fingerprint density at radius 3 is 2.50 bits per heavy atom. The summed E-state index contributed by atoms with van der Waals surface area (Å²) >= 11 is 1.85. The molecule has 0 saturated heterocycles. The van der Waals surface area contributed by atoms with Gasteiger partial charge in [-0.2, -0.15) is 11.8 Å². The minimum Gasteiger partial charge on any atom is -0.343 e. The van der Waals surface area contributed by atoms with Crippen molar-refractivity contribution in [3.05, 3.63) is 0 Å². The Kier molecular flexibility index (Phi) is 7.08. The van der Waals surface area contributed by atoms with Gasteiger partial charge in [0, 0.05) is 19.0 Å². The van der Waals surface area contributed by atoms with Crippen molar-refractivity contribution in [2.75, 3.05) is 25.6 Å². The van der Waals surface area contributed by atoms with Gasteiger partial charge in [0.15, 0.2) is 0 Å². The zero-order valence-corrected chi connectivity index (χ0v) is 12.8. The second kappa shape index (κ2) is 8.05. The van der Waals surface area contributed by atoms with Gasteiger partial charge in [-0.3, -0.25) is 4.79 Å². The van der Waals surface area contributed by atoms with Gasteiger partial charge in [0.05, 0.1) is 0 Å². The molecule has 0 aliphatic heterocycles. The lowest BCUT2D eigenvalue weighted by Gasteiger charge is -2.32. The third-order valence-corrected chi connectivity index (χ3v) is 4.92. The molecule has 1 aliphatic carbocycles. The first-order valence-electron chi connectivity index (χ1n) is 7.05. The van der Waals surface area contributed by atoms with Crippen LogP contribution >= 0.6 is 11.8 Å². The number of rotatable bonds is 6. The number of thioether (sulfide) groups is 1. The normalized spacial score (nSPS) is 25.8. The van der Waals surface area contributed by atoms with Gasteiger partial charge < -0.3 is 10.6 Å². The van der Waals surface area contributed by atoms with Crippen LogP contribution in [0.3, 0.4) is 0 Å². The minimum atomic E-state index is 0.245. The maximum absolute atomic E-state index is 12.4. The Bertz CT molecular complexity index is 248. The molecular formula is C14H28N2OS. The number of hydrogen-bond donors (Lipinski definition) is 1. The standard InChI is InChI=1S/C14H28N2OS/c1-11(8-9-18-3)16(2)14(17)13-6-4-12(10-15)5-7-13/h11-13H,4-10,15H2,1-3H3. The van der Waals surface area contributed by atoms with Crippen LogP contribution in [0.4, 0.5) is 0 Å². The third-order valence-electron chi connectivity index (χ3n) is 4.28. The van der Waals surface area contributed by atoms with Gasteiger partial charge in [-0.15, -0.1) is 0 Å². The number of amides is 1. The van der Waals surface area contributed by atoms with E-state index in [-0.39, 0.29) is 5.92 Å². The highest BCUT2D eigenvalue weighted by atomic mass is 32.2. The Hall–Kier alpha value is -0.220. The highest BCUT2D eigenvalue weighted by Gasteiger charge is 2.29. The van der Waals surface area contributed by atoms with E-state index >= 15 is 0 Å². The van der Waals surface area contributed by atoms with E-state index in [1.54, 1.807) is 0 Å². The summed E-state index contributed by atoms with van der Waals surface area (Å²) in [5.41, 5.74) is 5.69. The molecule has 0 aromatic rings. The Balaban J connectivity index is 2.39. The number of carbonyl (C=O) groups excluding carboxylic acids is 1. The molecule has 0 spiro atoms. The Morgan fingerprint density at radius 1 is 1.39 bits per heavy atom. The number of nitrogens with two attached hydrogens (primary N) is 1. The number of nitrogens with zero attached hydrogens (tertiary/aromatic N) is 1. The molecule has 1 aliphatic rings. The zero-order chi connectivity index (χ0) is 13.5. The lowest BCUT2D eigenvalue weighted by atomic mass is 9.81. The lowest BCUT2D eigenvalue weighted by molar-refractivity contribution is -0.137. The van der Waals surface area contributed by atoms with Gasteiger partial charge in [0.25, 0.3) is 0 Å². The zero-order valence-electron chi connectivity index (χ0n) is 12.0. The molecule has 1 fully saturated rings. The van der Waals surface area contributed by atoms with E-state index in [0.29, 0.717) is 17.9 Å². The first-order chi connectivity index (χ1) is 8.60. The first kappa shape index (κ1) is 15.8. The fourth-order valence-electron chi connectivity index (χ4n) is 2.63. The van der Waals surface area contributed by atoms with Gasteiger partial charge >= 0.3 is 0 Å². The van der Waals surface area contributed by atoms with Crippen LogP contribution in [0.2, 0.25) is 0 Å². The molecule has 4 heteroatoms. The molecule has 0 heterocycles. The van der Waals surface area contributed by atoms with E-state index in [0.717, 1.165) is 44.4 Å². The van der Waals surface area contributed by atoms with Gasteiger partial charge in [0.2, 0.25) is 5.91 Å². The Morgan fingerprint density at radius 2 is 2.00 bits per heavy atom. The molecule has 1 unspecified atom stereocenters. The maximum Gasteiger partial charge on any atom is 0.225 e. The van der Waals surface area contributed by atoms with Crippen LogP contribution in [-0.4, -0.2) is 42.4 Å². The second-order valence-corrected chi connectivity index (χ2v) is 6.52. The molecule has 1 rings (SSSR count). The van der Waals surface area contributed by atoms with Crippen LogP contribution < -0.4 is 5.73 Å². The minimum absolute atomic E-state index is 0.245. The Labute approximate surface area is 116 Å². The van der Waals surface area contributed by atoms with Crippen LogP contribution in [0, 0.1) is 11.8 Å². The van der Waals surface area contributed by atoms with Crippen molar-refractivity contribution in [2.24, 2.45) is 17.6 Å². The molecule has 1 saturated carbocycles. The SMILES string of the molecule is CSCCC(C)N(C)C(=O)C1CCC(CN)CC1. The largest absolute Gasteiger partial charge is 0.343 e. The summed E-state index contributed by atoms with van der Waals surface area (Å²) in [5, 5.41) is 0. The summed E-state index contributed by atoms with van der Waals surface area (Å²) < 4.78 is 0. The van der Waals surface area contributed by atoms with Crippen LogP contribution in [-0.2, 0) is 4.79 Å². The highest BCUT2D eigenvalue weighted by Crippen LogP contribution is 2.29. The fourth-order valence-corrected chi connectivity index (χ4v) is 3.21. The van der Waals surface area contributed by atoms with Crippen molar-refractivity contribution in [2.45, 2.75) is 45.1 Å². The molecular weight excluding hydrogens is 244 g/mol. The van der Waals surface area contributed by atoms with Crippen LogP contribution in [0.1, 0.15) is 39.0 Å². The average molecular weight is 272 g/mol. The molecule has 0 aromatic heterocycles. The quantitative estimate of drug-likeness (QED) is 0.807. The van der Waals surface area contributed by atoms with Crippen LogP contribution in [0.15, 0.2) is 0 Å². The van der Waals surface area contributed by atoms with Crippen molar-refractivity contribution in [3.63, 3.8) is 0 Å². The summed E-state index contributed by atoms with van der Waals surface area (Å²) in [5.74, 6) is 2.36. The third kappa shape index (κ3) is 4.47. The first-order valence-corrected chi connectivity index (χ1v) is 8.45. The molecule has 1 atom stereocenters. The molecule has 1 amide bonds. The summed E-state index contributed by atoms with van der Waals surface area (Å²) in [6.07, 6.45) is 7.50. The van der Waals surface area contributed by atoms with Gasteiger partial charge in [-0.05, 0) is 63.5 Å². The van der Waals surface area contributed by atoms with E-state index < -0.39 is 0 Å². The summed E-state index contributed by atoms with van der Waals surface area (Å²) in [6.45, 7) is 2.93. The summed E-state index contributed by atoms with van der Waals surface area (Å²) in [7, 11) is 1.96. The predicted molar refractivity (Wildman–Crippen MR) is 79.7 cm³/mol.